The van der Waals surface area contributed by atoms with E-state index in [2.05, 4.69) is 18.7 Å². The molecule has 0 aliphatic carbocycles. The molecule has 1 aliphatic heterocycles. The van der Waals surface area contributed by atoms with Crippen molar-refractivity contribution in [1.29, 1.82) is 0 Å². The van der Waals surface area contributed by atoms with Crippen molar-refractivity contribution in [2.24, 2.45) is 5.92 Å². The molecular weight excluding hydrogens is 202 g/mol. The van der Waals surface area contributed by atoms with E-state index < -0.39 is 0 Å². The van der Waals surface area contributed by atoms with Crippen LogP contribution in [0.5, 0.6) is 0 Å². The van der Waals surface area contributed by atoms with Crippen molar-refractivity contribution in [3.05, 3.63) is 0 Å². The van der Waals surface area contributed by atoms with Crippen LogP contribution in [0.25, 0.3) is 0 Å². The zero-order valence-electron chi connectivity index (χ0n) is 10.9. The first-order valence-electron chi connectivity index (χ1n) is 6.51. The van der Waals surface area contributed by atoms with E-state index in [-0.39, 0.29) is 12.0 Å². The van der Waals surface area contributed by atoms with Gasteiger partial charge in [0.15, 0.2) is 0 Å². The standard InChI is InChI=1S/C13H25NO2/c1-4-7-11(2)10-14-9-6-5-8-12(14)13(15)16-3/h11-12H,4-10H2,1-3H3/t11?,12-/m1/s1. The van der Waals surface area contributed by atoms with Crippen LogP contribution in [-0.4, -0.2) is 37.1 Å². The van der Waals surface area contributed by atoms with Gasteiger partial charge in [-0.05, 0) is 31.7 Å². The number of carbonyl (C=O) groups is 1. The van der Waals surface area contributed by atoms with E-state index in [1.807, 2.05) is 0 Å². The van der Waals surface area contributed by atoms with E-state index in [0.717, 1.165) is 25.9 Å². The molecule has 1 fully saturated rings. The van der Waals surface area contributed by atoms with Gasteiger partial charge < -0.3 is 4.74 Å². The predicted octanol–water partition coefficient (Wildman–Crippen LogP) is 2.45. The van der Waals surface area contributed by atoms with Crippen LogP contribution >= 0.6 is 0 Å². The summed E-state index contributed by atoms with van der Waals surface area (Å²) in [6, 6.07) is 0.0121. The lowest BCUT2D eigenvalue weighted by molar-refractivity contribution is -0.148. The summed E-state index contributed by atoms with van der Waals surface area (Å²) in [5.74, 6) is 0.624. The number of carbonyl (C=O) groups excluding carboxylic acids is 1. The highest BCUT2D eigenvalue weighted by atomic mass is 16.5. The molecule has 2 atom stereocenters. The highest BCUT2D eigenvalue weighted by molar-refractivity contribution is 5.75. The van der Waals surface area contributed by atoms with Gasteiger partial charge in [0, 0.05) is 6.54 Å². The zero-order chi connectivity index (χ0) is 12.0. The maximum absolute atomic E-state index is 11.7. The van der Waals surface area contributed by atoms with Gasteiger partial charge in [-0.25, -0.2) is 0 Å². The first-order valence-corrected chi connectivity index (χ1v) is 6.51. The molecule has 0 amide bonds. The van der Waals surface area contributed by atoms with Gasteiger partial charge in [0.2, 0.25) is 0 Å². The molecule has 0 bridgehead atoms. The number of piperidine rings is 1. The minimum Gasteiger partial charge on any atom is -0.468 e. The molecule has 0 aromatic rings. The van der Waals surface area contributed by atoms with Gasteiger partial charge >= 0.3 is 5.97 Å². The summed E-state index contributed by atoms with van der Waals surface area (Å²) in [6.07, 6.45) is 5.79. The molecule has 1 rings (SSSR count). The number of hydrogen-bond acceptors (Lipinski definition) is 3. The van der Waals surface area contributed by atoms with Crippen LogP contribution in [0.15, 0.2) is 0 Å². The second kappa shape index (κ2) is 6.89. The molecule has 1 saturated heterocycles. The second-order valence-corrected chi connectivity index (χ2v) is 4.92. The summed E-state index contributed by atoms with van der Waals surface area (Å²) < 4.78 is 4.88. The Hall–Kier alpha value is -0.570. The molecule has 1 heterocycles. The second-order valence-electron chi connectivity index (χ2n) is 4.92. The van der Waals surface area contributed by atoms with Crippen molar-refractivity contribution >= 4 is 5.97 Å². The highest BCUT2D eigenvalue weighted by Crippen LogP contribution is 2.20. The Morgan fingerprint density at radius 3 is 2.88 bits per heavy atom. The lowest BCUT2D eigenvalue weighted by Crippen LogP contribution is -2.46. The predicted molar refractivity (Wildman–Crippen MR) is 65.3 cm³/mol. The Balaban J connectivity index is 2.49. The van der Waals surface area contributed by atoms with Gasteiger partial charge in [-0.2, -0.15) is 0 Å². The lowest BCUT2D eigenvalue weighted by Gasteiger charge is -2.35. The molecule has 0 spiro atoms. The SMILES string of the molecule is CCCC(C)CN1CCCC[C@@H]1C(=O)OC. The summed E-state index contributed by atoms with van der Waals surface area (Å²) in [7, 11) is 1.49. The molecule has 0 radical (unpaired) electrons. The fraction of sp³-hybridized carbons (Fsp3) is 0.923. The molecule has 16 heavy (non-hydrogen) atoms. The molecule has 1 unspecified atom stereocenters. The molecule has 0 saturated carbocycles. The molecule has 94 valence electrons. The smallest absolute Gasteiger partial charge is 0.323 e. The van der Waals surface area contributed by atoms with E-state index >= 15 is 0 Å². The number of likely N-dealkylation sites (tertiary alicyclic amines) is 1. The molecule has 3 nitrogen and oxygen atoms in total. The lowest BCUT2D eigenvalue weighted by atomic mass is 9.98. The number of ether oxygens (including phenoxy) is 1. The Kier molecular flexibility index (Phi) is 5.81. The van der Waals surface area contributed by atoms with Crippen LogP contribution in [-0.2, 0) is 9.53 Å². The zero-order valence-corrected chi connectivity index (χ0v) is 10.9. The van der Waals surface area contributed by atoms with Crippen LogP contribution in [0, 0.1) is 5.92 Å². The van der Waals surface area contributed by atoms with Crippen LogP contribution in [0.4, 0.5) is 0 Å². The van der Waals surface area contributed by atoms with Crippen molar-refractivity contribution in [3.8, 4) is 0 Å². The van der Waals surface area contributed by atoms with Crippen molar-refractivity contribution in [3.63, 3.8) is 0 Å². The van der Waals surface area contributed by atoms with Crippen molar-refractivity contribution in [2.45, 2.75) is 52.0 Å². The topological polar surface area (TPSA) is 29.5 Å². The highest BCUT2D eigenvalue weighted by Gasteiger charge is 2.29. The normalized spacial score (nSPS) is 24.1. The van der Waals surface area contributed by atoms with Crippen molar-refractivity contribution in [1.82, 2.24) is 4.90 Å². The number of methoxy groups -OCH3 is 1. The Morgan fingerprint density at radius 1 is 1.50 bits per heavy atom. The van der Waals surface area contributed by atoms with Crippen molar-refractivity contribution in [2.75, 3.05) is 20.2 Å². The average molecular weight is 227 g/mol. The Bertz CT molecular complexity index is 218. The summed E-state index contributed by atoms with van der Waals surface area (Å²) in [6.45, 7) is 6.57. The Morgan fingerprint density at radius 2 is 2.25 bits per heavy atom. The average Bonchev–Trinajstić information content (AvgIpc) is 2.29. The molecule has 0 N–H and O–H groups in total. The summed E-state index contributed by atoms with van der Waals surface area (Å²) in [4.78, 5) is 14.0. The molecule has 0 aromatic carbocycles. The van der Waals surface area contributed by atoms with Gasteiger partial charge in [0.05, 0.1) is 7.11 Å². The minimum absolute atomic E-state index is 0.0121. The van der Waals surface area contributed by atoms with E-state index in [0.29, 0.717) is 5.92 Å². The van der Waals surface area contributed by atoms with Crippen LogP contribution in [0.2, 0.25) is 0 Å². The maximum Gasteiger partial charge on any atom is 0.323 e. The van der Waals surface area contributed by atoms with Gasteiger partial charge in [0.1, 0.15) is 6.04 Å². The minimum atomic E-state index is -0.0524. The fourth-order valence-electron chi connectivity index (χ4n) is 2.60. The first kappa shape index (κ1) is 13.5. The monoisotopic (exact) mass is 227 g/mol. The Labute approximate surface area is 99.1 Å². The van der Waals surface area contributed by atoms with Gasteiger partial charge in [-0.15, -0.1) is 0 Å². The third-order valence-corrected chi connectivity index (χ3v) is 3.41. The fourth-order valence-corrected chi connectivity index (χ4v) is 2.60. The summed E-state index contributed by atoms with van der Waals surface area (Å²) in [5, 5.41) is 0. The first-order chi connectivity index (χ1) is 7.69. The van der Waals surface area contributed by atoms with E-state index in [1.54, 1.807) is 0 Å². The largest absolute Gasteiger partial charge is 0.468 e. The number of esters is 1. The van der Waals surface area contributed by atoms with Crippen LogP contribution < -0.4 is 0 Å². The third-order valence-electron chi connectivity index (χ3n) is 3.41. The van der Waals surface area contributed by atoms with Gasteiger partial charge in [0.25, 0.3) is 0 Å². The molecule has 0 aromatic heterocycles. The third kappa shape index (κ3) is 3.78. The number of nitrogens with zero attached hydrogens (tertiary/aromatic N) is 1. The number of rotatable bonds is 5. The number of hydrogen-bond donors (Lipinski definition) is 0. The van der Waals surface area contributed by atoms with E-state index in [1.165, 1.54) is 26.4 Å². The van der Waals surface area contributed by atoms with Crippen molar-refractivity contribution < 1.29 is 9.53 Å². The van der Waals surface area contributed by atoms with Crippen LogP contribution in [0.1, 0.15) is 46.0 Å². The summed E-state index contributed by atoms with van der Waals surface area (Å²) in [5.41, 5.74) is 0. The van der Waals surface area contributed by atoms with Gasteiger partial charge in [-0.1, -0.05) is 26.7 Å². The molecule has 1 aliphatic rings. The van der Waals surface area contributed by atoms with Crippen LogP contribution in [0.3, 0.4) is 0 Å². The van der Waals surface area contributed by atoms with Gasteiger partial charge in [-0.3, -0.25) is 9.69 Å². The van der Waals surface area contributed by atoms with E-state index in [9.17, 15) is 4.79 Å². The quantitative estimate of drug-likeness (QED) is 0.676. The summed E-state index contributed by atoms with van der Waals surface area (Å²) >= 11 is 0. The maximum atomic E-state index is 11.7. The molecule has 3 heteroatoms. The molecular formula is C13H25NO2. The van der Waals surface area contributed by atoms with E-state index in [4.69, 9.17) is 4.74 Å².